The number of nitrogens with one attached hydrogen (secondary N) is 1. The van der Waals surface area contributed by atoms with Gasteiger partial charge in [0.1, 0.15) is 5.54 Å². The number of unbranched alkanes of at least 4 members (excludes halogenated alkanes) is 1. The highest BCUT2D eigenvalue weighted by Gasteiger charge is 2.43. The summed E-state index contributed by atoms with van der Waals surface area (Å²) in [4.78, 5) is 11.8. The number of hydrogen-bond donors (Lipinski definition) is 5. The van der Waals surface area contributed by atoms with Crippen LogP contribution in [0.3, 0.4) is 0 Å². The second kappa shape index (κ2) is 10.4. The van der Waals surface area contributed by atoms with E-state index in [1.807, 2.05) is 24.3 Å². The molecule has 0 heterocycles. The van der Waals surface area contributed by atoms with Gasteiger partial charge in [0.25, 0.3) is 0 Å². The molecule has 0 radical (unpaired) electrons. The minimum absolute atomic E-state index is 0.0531. The molecule has 1 aliphatic carbocycles. The average molecular weight is 397 g/mol. The molecule has 0 spiro atoms. The largest absolute Gasteiger partial charge is 0.480 e. The molecular formula is C19H30BClN2O4. The minimum atomic E-state index is -1.34. The van der Waals surface area contributed by atoms with Gasteiger partial charge in [0.15, 0.2) is 0 Å². The highest BCUT2D eigenvalue weighted by Crippen LogP contribution is 2.35. The smallest absolute Gasteiger partial charge is 0.451 e. The van der Waals surface area contributed by atoms with Gasteiger partial charge in [0, 0.05) is 17.6 Å². The van der Waals surface area contributed by atoms with Crippen LogP contribution in [0.25, 0.3) is 0 Å². The maximum absolute atomic E-state index is 11.8. The van der Waals surface area contributed by atoms with Gasteiger partial charge in [-0.15, -0.1) is 0 Å². The van der Waals surface area contributed by atoms with E-state index in [-0.39, 0.29) is 12.2 Å². The summed E-state index contributed by atoms with van der Waals surface area (Å²) in [6, 6.07) is 8.11. The number of nitrogens with two attached hydrogens (primary N) is 1. The van der Waals surface area contributed by atoms with Crippen LogP contribution >= 0.6 is 11.6 Å². The van der Waals surface area contributed by atoms with Crippen LogP contribution in [0, 0.1) is 5.92 Å². The van der Waals surface area contributed by atoms with Crippen molar-refractivity contribution in [2.75, 3.05) is 0 Å². The number of benzene rings is 1. The van der Waals surface area contributed by atoms with E-state index in [0.717, 1.165) is 37.3 Å². The van der Waals surface area contributed by atoms with Crippen molar-refractivity contribution >= 4 is 24.7 Å². The third-order valence-electron chi connectivity index (χ3n) is 5.66. The highest BCUT2D eigenvalue weighted by molar-refractivity contribution is 6.40. The highest BCUT2D eigenvalue weighted by atomic mass is 35.5. The van der Waals surface area contributed by atoms with E-state index >= 15 is 0 Å². The number of carboxylic acid groups (broad SMARTS) is 1. The number of carbonyl (C=O) groups is 1. The van der Waals surface area contributed by atoms with Crippen molar-refractivity contribution in [3.8, 4) is 0 Å². The second-order valence-corrected chi connectivity index (χ2v) is 8.06. The average Bonchev–Trinajstić information content (AvgIpc) is 2.64. The predicted molar refractivity (Wildman–Crippen MR) is 107 cm³/mol. The Balaban J connectivity index is 1.80. The minimum Gasteiger partial charge on any atom is -0.480 e. The maximum atomic E-state index is 11.8. The van der Waals surface area contributed by atoms with E-state index in [0.29, 0.717) is 25.3 Å². The molecule has 1 saturated carbocycles. The van der Waals surface area contributed by atoms with Crippen molar-refractivity contribution in [1.82, 2.24) is 5.32 Å². The van der Waals surface area contributed by atoms with E-state index in [1.54, 1.807) is 0 Å². The standard InChI is InChI=1S/C19H30BClN2O4/c21-16-7-3-14(4-8-16)13-23-17-9-5-15(6-10-17)19(22,18(24)25)11-1-2-12-20(26)27/h3-4,7-8,15,17,23,26-27H,1-2,5-6,9-13,22H2,(H,24,25). The van der Waals surface area contributed by atoms with Crippen LogP contribution in [0.4, 0.5) is 0 Å². The zero-order valence-corrected chi connectivity index (χ0v) is 16.4. The Bertz CT molecular complexity index is 594. The van der Waals surface area contributed by atoms with Crippen LogP contribution in [0.2, 0.25) is 11.3 Å². The number of aliphatic carboxylic acids is 1. The zero-order valence-electron chi connectivity index (χ0n) is 15.6. The van der Waals surface area contributed by atoms with E-state index in [9.17, 15) is 9.90 Å². The molecule has 8 heteroatoms. The maximum Gasteiger partial charge on any atom is 0.451 e. The molecule has 150 valence electrons. The van der Waals surface area contributed by atoms with Gasteiger partial charge >= 0.3 is 13.1 Å². The van der Waals surface area contributed by atoms with Crippen LogP contribution in [0.1, 0.15) is 50.5 Å². The van der Waals surface area contributed by atoms with E-state index in [1.165, 1.54) is 5.56 Å². The van der Waals surface area contributed by atoms with Crippen molar-refractivity contribution in [2.24, 2.45) is 11.7 Å². The molecular weight excluding hydrogens is 366 g/mol. The van der Waals surface area contributed by atoms with Crippen molar-refractivity contribution in [3.05, 3.63) is 34.9 Å². The molecule has 0 aliphatic heterocycles. The summed E-state index contributed by atoms with van der Waals surface area (Å²) in [6.45, 7) is 0.767. The Labute approximate surface area is 166 Å². The van der Waals surface area contributed by atoms with Gasteiger partial charge in [-0.1, -0.05) is 36.6 Å². The van der Waals surface area contributed by atoms with Gasteiger partial charge in [-0.2, -0.15) is 0 Å². The van der Waals surface area contributed by atoms with E-state index in [4.69, 9.17) is 27.4 Å². The van der Waals surface area contributed by atoms with E-state index in [2.05, 4.69) is 5.32 Å². The third-order valence-corrected chi connectivity index (χ3v) is 5.92. The molecule has 0 saturated heterocycles. The quantitative estimate of drug-likeness (QED) is 0.306. The number of halogens is 1. The van der Waals surface area contributed by atoms with Gasteiger partial charge in [-0.3, -0.25) is 4.79 Å². The number of carboxylic acids is 1. The summed E-state index contributed by atoms with van der Waals surface area (Å²) < 4.78 is 0. The topological polar surface area (TPSA) is 116 Å². The summed E-state index contributed by atoms with van der Waals surface area (Å²) in [5.74, 6) is -1.01. The third kappa shape index (κ3) is 6.77. The van der Waals surface area contributed by atoms with Gasteiger partial charge in [-0.25, -0.2) is 0 Å². The van der Waals surface area contributed by atoms with Crippen molar-refractivity contribution in [3.63, 3.8) is 0 Å². The molecule has 0 bridgehead atoms. The van der Waals surface area contributed by atoms with Crippen LogP contribution in [-0.4, -0.2) is 39.8 Å². The van der Waals surface area contributed by atoms with Crippen LogP contribution in [-0.2, 0) is 11.3 Å². The Morgan fingerprint density at radius 1 is 1.19 bits per heavy atom. The normalized spacial score (nSPS) is 22.2. The summed E-state index contributed by atoms with van der Waals surface area (Å²) in [5, 5.41) is 31.8. The van der Waals surface area contributed by atoms with Gasteiger partial charge in [0.05, 0.1) is 0 Å². The SMILES string of the molecule is NC(CCCCB(O)O)(C(=O)O)C1CCC(NCc2ccc(Cl)cc2)CC1. The lowest BCUT2D eigenvalue weighted by atomic mass is 9.71. The van der Waals surface area contributed by atoms with Gasteiger partial charge < -0.3 is 26.2 Å². The van der Waals surface area contributed by atoms with Crippen LogP contribution < -0.4 is 11.1 Å². The van der Waals surface area contributed by atoms with Crippen molar-refractivity contribution in [1.29, 1.82) is 0 Å². The van der Waals surface area contributed by atoms with Crippen LogP contribution in [0.15, 0.2) is 24.3 Å². The first kappa shape index (κ1) is 22.2. The van der Waals surface area contributed by atoms with Gasteiger partial charge in [0.2, 0.25) is 0 Å². The number of hydrogen-bond acceptors (Lipinski definition) is 5. The molecule has 1 atom stereocenters. The first-order valence-corrected chi connectivity index (χ1v) is 10.1. The molecule has 0 amide bonds. The molecule has 1 aromatic carbocycles. The van der Waals surface area contributed by atoms with E-state index < -0.39 is 18.6 Å². The molecule has 0 aromatic heterocycles. The Kier molecular flexibility index (Phi) is 8.57. The van der Waals surface area contributed by atoms with Crippen molar-refractivity contribution in [2.45, 2.75) is 69.4 Å². The first-order valence-electron chi connectivity index (χ1n) is 9.67. The van der Waals surface area contributed by atoms with Crippen LogP contribution in [0.5, 0.6) is 0 Å². The lowest BCUT2D eigenvalue weighted by molar-refractivity contribution is -0.146. The van der Waals surface area contributed by atoms with Gasteiger partial charge in [-0.05, 0) is 62.0 Å². The Hall–Kier alpha value is -1.12. The molecule has 1 aromatic rings. The summed E-state index contributed by atoms with van der Waals surface area (Å²) >= 11 is 5.90. The predicted octanol–water partition coefficient (Wildman–Crippen LogP) is 2.41. The molecule has 2 rings (SSSR count). The zero-order chi connectivity index (χ0) is 19.9. The lowest BCUT2D eigenvalue weighted by Gasteiger charge is -2.39. The summed E-state index contributed by atoms with van der Waals surface area (Å²) in [7, 11) is -1.34. The first-order chi connectivity index (χ1) is 12.8. The molecule has 1 aliphatic rings. The molecule has 27 heavy (non-hydrogen) atoms. The Morgan fingerprint density at radius 2 is 1.81 bits per heavy atom. The summed E-state index contributed by atoms with van der Waals surface area (Å²) in [6.07, 6.45) is 5.11. The fourth-order valence-corrected chi connectivity index (χ4v) is 4.03. The second-order valence-electron chi connectivity index (χ2n) is 7.63. The fourth-order valence-electron chi connectivity index (χ4n) is 3.91. The molecule has 6 nitrogen and oxygen atoms in total. The lowest BCUT2D eigenvalue weighted by Crippen LogP contribution is -2.55. The molecule has 1 fully saturated rings. The van der Waals surface area contributed by atoms with Crippen molar-refractivity contribution < 1.29 is 19.9 Å². The monoisotopic (exact) mass is 396 g/mol. The summed E-state index contributed by atoms with van der Waals surface area (Å²) in [5.41, 5.74) is 6.24. The molecule has 1 unspecified atom stereocenters. The number of rotatable bonds is 10. The molecule has 6 N–H and O–H groups in total. The fraction of sp³-hybridized carbons (Fsp3) is 0.632. The Morgan fingerprint density at radius 3 is 2.37 bits per heavy atom.